The van der Waals surface area contributed by atoms with Crippen molar-refractivity contribution in [1.82, 2.24) is 9.61 Å². The van der Waals surface area contributed by atoms with Crippen LogP contribution in [-0.2, 0) is 0 Å². The Labute approximate surface area is 95.1 Å². The van der Waals surface area contributed by atoms with Gasteiger partial charge < -0.3 is 0 Å². The molecule has 0 atom stereocenters. The first-order chi connectivity index (χ1) is 7.77. The summed E-state index contributed by atoms with van der Waals surface area (Å²) in [6.45, 7) is 4.11. The Bertz CT molecular complexity index is 497. The number of nitrogens with zero attached hydrogens (tertiary/aromatic N) is 2. The highest BCUT2D eigenvalue weighted by Gasteiger charge is 2.19. The average Bonchev–Trinajstić information content (AvgIpc) is 2.74. The molecular formula is C13H16N2O. The van der Waals surface area contributed by atoms with Crippen LogP contribution in [0.3, 0.4) is 0 Å². The molecule has 0 bridgehead atoms. The number of Topliss-reactive ketones (excluding diaryl/α,β-unsaturated/α-hetero) is 1. The van der Waals surface area contributed by atoms with Gasteiger partial charge in [0.15, 0.2) is 5.78 Å². The van der Waals surface area contributed by atoms with Crippen LogP contribution in [0.5, 0.6) is 0 Å². The normalized spacial score (nSPS) is 11.2. The van der Waals surface area contributed by atoms with Crippen molar-refractivity contribution in [3.05, 3.63) is 36.2 Å². The van der Waals surface area contributed by atoms with E-state index in [9.17, 15) is 4.79 Å². The third-order valence-electron chi connectivity index (χ3n) is 3.05. The second-order valence-electron chi connectivity index (χ2n) is 3.97. The van der Waals surface area contributed by atoms with E-state index in [1.54, 1.807) is 10.7 Å². The summed E-state index contributed by atoms with van der Waals surface area (Å²) in [6.07, 6.45) is 5.31. The molecule has 0 amide bonds. The summed E-state index contributed by atoms with van der Waals surface area (Å²) in [6, 6.07) is 5.77. The van der Waals surface area contributed by atoms with Crippen LogP contribution >= 0.6 is 0 Å². The Morgan fingerprint density at radius 2 is 2.12 bits per heavy atom. The molecule has 2 heterocycles. The zero-order valence-corrected chi connectivity index (χ0v) is 9.68. The number of pyridine rings is 1. The SMILES string of the molecule is CCC(CC)C(=O)c1cnn2ccccc12. The van der Waals surface area contributed by atoms with E-state index in [-0.39, 0.29) is 11.7 Å². The van der Waals surface area contributed by atoms with Crippen LogP contribution < -0.4 is 0 Å². The summed E-state index contributed by atoms with van der Waals surface area (Å²) in [5.74, 6) is 0.333. The van der Waals surface area contributed by atoms with E-state index in [4.69, 9.17) is 0 Å². The van der Waals surface area contributed by atoms with Crippen LogP contribution in [-0.4, -0.2) is 15.4 Å². The van der Waals surface area contributed by atoms with Gasteiger partial charge in [0.2, 0.25) is 0 Å². The maximum Gasteiger partial charge on any atom is 0.169 e. The van der Waals surface area contributed by atoms with Crippen molar-refractivity contribution < 1.29 is 4.79 Å². The summed E-state index contributed by atoms with van der Waals surface area (Å²) in [5, 5.41) is 4.19. The third kappa shape index (κ3) is 1.73. The molecule has 2 aromatic heterocycles. The van der Waals surface area contributed by atoms with Crippen molar-refractivity contribution in [2.24, 2.45) is 5.92 Å². The maximum absolute atomic E-state index is 12.2. The maximum atomic E-state index is 12.2. The summed E-state index contributed by atoms with van der Waals surface area (Å²) < 4.78 is 1.75. The van der Waals surface area contributed by atoms with E-state index in [1.807, 2.05) is 24.4 Å². The van der Waals surface area contributed by atoms with Crippen molar-refractivity contribution in [3.8, 4) is 0 Å². The van der Waals surface area contributed by atoms with Gasteiger partial charge in [0.05, 0.1) is 17.3 Å². The fourth-order valence-electron chi connectivity index (χ4n) is 2.00. The number of fused-ring (bicyclic) bond motifs is 1. The van der Waals surface area contributed by atoms with Gasteiger partial charge in [0.25, 0.3) is 0 Å². The standard InChI is InChI=1S/C13H16N2O/c1-3-10(4-2)13(16)11-9-14-15-8-6-5-7-12(11)15/h5-10H,3-4H2,1-2H3. The molecule has 0 fully saturated rings. The topological polar surface area (TPSA) is 34.4 Å². The molecule has 0 aliphatic rings. The fraction of sp³-hybridized carbons (Fsp3) is 0.385. The van der Waals surface area contributed by atoms with Gasteiger partial charge in [-0.05, 0) is 25.0 Å². The molecule has 84 valence electrons. The minimum absolute atomic E-state index is 0.119. The van der Waals surface area contributed by atoms with E-state index >= 15 is 0 Å². The number of hydrogen-bond donors (Lipinski definition) is 0. The lowest BCUT2D eigenvalue weighted by Crippen LogP contribution is -2.12. The van der Waals surface area contributed by atoms with Crippen molar-refractivity contribution in [2.75, 3.05) is 0 Å². The summed E-state index contributed by atoms with van der Waals surface area (Å²) >= 11 is 0. The number of ketones is 1. The van der Waals surface area contributed by atoms with Gasteiger partial charge in [-0.2, -0.15) is 5.10 Å². The van der Waals surface area contributed by atoms with Gasteiger partial charge >= 0.3 is 0 Å². The van der Waals surface area contributed by atoms with Crippen molar-refractivity contribution in [2.45, 2.75) is 26.7 Å². The van der Waals surface area contributed by atoms with E-state index in [0.29, 0.717) is 0 Å². The van der Waals surface area contributed by atoms with Gasteiger partial charge in [0, 0.05) is 12.1 Å². The molecule has 0 aromatic carbocycles. The van der Waals surface area contributed by atoms with Gasteiger partial charge in [-0.25, -0.2) is 4.52 Å². The molecule has 0 unspecified atom stereocenters. The highest BCUT2D eigenvalue weighted by Crippen LogP contribution is 2.19. The number of rotatable bonds is 4. The van der Waals surface area contributed by atoms with Gasteiger partial charge in [-0.3, -0.25) is 4.79 Å². The van der Waals surface area contributed by atoms with E-state index in [1.165, 1.54) is 0 Å². The number of carbonyl (C=O) groups is 1. The number of hydrogen-bond acceptors (Lipinski definition) is 2. The predicted octanol–water partition coefficient (Wildman–Crippen LogP) is 2.95. The summed E-state index contributed by atoms with van der Waals surface area (Å²) in [4.78, 5) is 12.2. The molecule has 0 saturated heterocycles. The Morgan fingerprint density at radius 3 is 2.81 bits per heavy atom. The van der Waals surface area contributed by atoms with Crippen LogP contribution in [0.2, 0.25) is 0 Å². The van der Waals surface area contributed by atoms with E-state index in [0.717, 1.165) is 23.9 Å². The first-order valence-electron chi connectivity index (χ1n) is 5.74. The molecule has 0 N–H and O–H groups in total. The van der Waals surface area contributed by atoms with Crippen molar-refractivity contribution in [1.29, 1.82) is 0 Å². The molecular weight excluding hydrogens is 200 g/mol. The molecule has 2 rings (SSSR count). The monoisotopic (exact) mass is 216 g/mol. The minimum atomic E-state index is 0.119. The Kier molecular flexibility index (Phi) is 3.04. The molecule has 0 saturated carbocycles. The largest absolute Gasteiger partial charge is 0.294 e. The lowest BCUT2D eigenvalue weighted by Gasteiger charge is -2.09. The molecule has 3 nitrogen and oxygen atoms in total. The molecule has 0 aliphatic carbocycles. The molecule has 3 heteroatoms. The first-order valence-corrected chi connectivity index (χ1v) is 5.74. The van der Waals surface area contributed by atoms with Crippen LogP contribution in [0.1, 0.15) is 37.0 Å². The van der Waals surface area contributed by atoms with E-state index in [2.05, 4.69) is 18.9 Å². The highest BCUT2D eigenvalue weighted by atomic mass is 16.1. The van der Waals surface area contributed by atoms with E-state index < -0.39 is 0 Å². The molecule has 0 spiro atoms. The second kappa shape index (κ2) is 4.47. The smallest absolute Gasteiger partial charge is 0.169 e. The van der Waals surface area contributed by atoms with Crippen molar-refractivity contribution in [3.63, 3.8) is 0 Å². The fourth-order valence-corrected chi connectivity index (χ4v) is 2.00. The lowest BCUT2D eigenvalue weighted by molar-refractivity contribution is 0.0915. The molecule has 16 heavy (non-hydrogen) atoms. The van der Waals surface area contributed by atoms with Gasteiger partial charge in [-0.1, -0.05) is 19.9 Å². The predicted molar refractivity (Wildman–Crippen MR) is 63.6 cm³/mol. The van der Waals surface area contributed by atoms with Crippen LogP contribution in [0.25, 0.3) is 5.52 Å². The average molecular weight is 216 g/mol. The van der Waals surface area contributed by atoms with Gasteiger partial charge in [-0.15, -0.1) is 0 Å². The highest BCUT2D eigenvalue weighted by molar-refractivity contribution is 6.03. The lowest BCUT2D eigenvalue weighted by atomic mass is 9.94. The Hall–Kier alpha value is -1.64. The zero-order valence-electron chi connectivity index (χ0n) is 9.68. The summed E-state index contributed by atoms with van der Waals surface area (Å²) in [7, 11) is 0. The zero-order chi connectivity index (χ0) is 11.5. The quantitative estimate of drug-likeness (QED) is 0.736. The van der Waals surface area contributed by atoms with Crippen molar-refractivity contribution >= 4 is 11.3 Å². The van der Waals surface area contributed by atoms with Crippen LogP contribution in [0.4, 0.5) is 0 Å². The number of aromatic nitrogens is 2. The van der Waals surface area contributed by atoms with Crippen LogP contribution in [0.15, 0.2) is 30.6 Å². The molecule has 0 aliphatic heterocycles. The Morgan fingerprint density at radius 1 is 1.38 bits per heavy atom. The molecule has 0 radical (unpaired) electrons. The first kappa shape index (κ1) is 10.9. The van der Waals surface area contributed by atoms with Crippen LogP contribution in [0, 0.1) is 5.92 Å². The summed E-state index contributed by atoms with van der Waals surface area (Å²) in [5.41, 5.74) is 1.65. The Balaban J connectivity index is 2.43. The van der Waals surface area contributed by atoms with Gasteiger partial charge in [0.1, 0.15) is 0 Å². The minimum Gasteiger partial charge on any atom is -0.294 e. The molecule has 2 aromatic rings. The second-order valence-corrected chi connectivity index (χ2v) is 3.97. The third-order valence-corrected chi connectivity index (χ3v) is 3.05. The number of carbonyl (C=O) groups excluding carboxylic acids is 1.